The Balaban J connectivity index is 2.51. The largest absolute Gasteiger partial charge is 0.466 e. The second kappa shape index (κ2) is 6.51. The van der Waals surface area contributed by atoms with Crippen LogP contribution in [0.1, 0.15) is 33.4 Å². The first-order valence-electron chi connectivity index (χ1n) is 5.99. The van der Waals surface area contributed by atoms with E-state index in [0.29, 0.717) is 17.4 Å². The van der Waals surface area contributed by atoms with Gasteiger partial charge in [0.1, 0.15) is 0 Å². The van der Waals surface area contributed by atoms with Gasteiger partial charge in [-0.1, -0.05) is 0 Å². The van der Waals surface area contributed by atoms with Crippen LogP contribution in [0.5, 0.6) is 0 Å². The number of hydrogen-bond acceptors (Lipinski definition) is 5. The van der Waals surface area contributed by atoms with Gasteiger partial charge in [-0.3, -0.25) is 10.1 Å². The molecule has 0 aliphatic heterocycles. The fraction of sp³-hybridized carbons (Fsp3) is 0.583. The molecule has 2 N–H and O–H groups in total. The molecule has 1 aromatic heterocycles. The molecule has 0 aromatic carbocycles. The molecule has 2 amide bonds. The summed E-state index contributed by atoms with van der Waals surface area (Å²) in [6.07, 6.45) is 0.118. The van der Waals surface area contributed by atoms with Gasteiger partial charge in [-0.2, -0.15) is 0 Å². The van der Waals surface area contributed by atoms with E-state index in [-0.39, 0.29) is 24.0 Å². The van der Waals surface area contributed by atoms with Gasteiger partial charge in [-0.05, 0) is 27.7 Å². The minimum Gasteiger partial charge on any atom is -0.466 e. The molecule has 0 bridgehead atoms. The van der Waals surface area contributed by atoms with Gasteiger partial charge in [0.25, 0.3) is 0 Å². The molecule has 0 unspecified atom stereocenters. The molecule has 19 heavy (non-hydrogen) atoms. The van der Waals surface area contributed by atoms with E-state index in [9.17, 15) is 9.59 Å². The maximum absolute atomic E-state index is 11.6. The van der Waals surface area contributed by atoms with Crippen LogP contribution in [0.4, 0.5) is 9.93 Å². The Morgan fingerprint density at radius 2 is 2.11 bits per heavy atom. The predicted molar refractivity (Wildman–Crippen MR) is 74.4 cm³/mol. The summed E-state index contributed by atoms with van der Waals surface area (Å²) in [7, 11) is 0. The summed E-state index contributed by atoms with van der Waals surface area (Å²) in [6, 6.07) is -0.315. The lowest BCUT2D eigenvalue weighted by molar-refractivity contribution is -0.142. The minimum absolute atomic E-state index is 0.118. The Labute approximate surface area is 116 Å². The highest BCUT2D eigenvalue weighted by Crippen LogP contribution is 2.16. The van der Waals surface area contributed by atoms with Crippen LogP contribution in [0.3, 0.4) is 0 Å². The minimum atomic E-state index is -0.321. The standard InChI is InChI=1S/C12H19N3O3S/c1-5-18-9(16)6-8-7-19-11(13-8)14-10(17)15-12(2,3)4/h7H,5-6H2,1-4H3,(H2,13,14,15,17). The highest BCUT2D eigenvalue weighted by Gasteiger charge is 2.15. The summed E-state index contributed by atoms with van der Waals surface area (Å²) in [5, 5.41) is 7.58. The summed E-state index contributed by atoms with van der Waals surface area (Å²) in [4.78, 5) is 27.0. The lowest BCUT2D eigenvalue weighted by atomic mass is 10.1. The third-order valence-electron chi connectivity index (χ3n) is 1.89. The van der Waals surface area contributed by atoms with Crippen LogP contribution in [-0.2, 0) is 16.0 Å². The van der Waals surface area contributed by atoms with E-state index in [1.54, 1.807) is 12.3 Å². The molecule has 0 saturated heterocycles. The molecule has 0 fully saturated rings. The average molecular weight is 285 g/mol. The Morgan fingerprint density at radius 1 is 1.42 bits per heavy atom. The number of nitrogens with one attached hydrogen (secondary N) is 2. The number of carbonyl (C=O) groups is 2. The van der Waals surface area contributed by atoms with Crippen LogP contribution in [0.15, 0.2) is 5.38 Å². The van der Waals surface area contributed by atoms with Gasteiger partial charge in [-0.15, -0.1) is 11.3 Å². The molecule has 0 aliphatic carbocycles. The first kappa shape index (κ1) is 15.4. The summed E-state index contributed by atoms with van der Waals surface area (Å²) in [6.45, 7) is 7.77. The number of urea groups is 1. The smallest absolute Gasteiger partial charge is 0.321 e. The fourth-order valence-electron chi connectivity index (χ4n) is 1.27. The van der Waals surface area contributed by atoms with Crippen molar-refractivity contribution in [2.24, 2.45) is 0 Å². The van der Waals surface area contributed by atoms with Crippen molar-refractivity contribution in [3.05, 3.63) is 11.1 Å². The van der Waals surface area contributed by atoms with Crippen molar-refractivity contribution in [2.45, 2.75) is 39.7 Å². The molecule has 0 atom stereocenters. The molecule has 6 nitrogen and oxygen atoms in total. The maximum atomic E-state index is 11.6. The van der Waals surface area contributed by atoms with Crippen molar-refractivity contribution in [3.63, 3.8) is 0 Å². The Hall–Kier alpha value is -1.63. The van der Waals surface area contributed by atoms with Crippen molar-refractivity contribution >= 4 is 28.5 Å². The van der Waals surface area contributed by atoms with Crippen molar-refractivity contribution in [1.29, 1.82) is 0 Å². The molecule has 0 aliphatic rings. The third kappa shape index (κ3) is 6.19. The molecular formula is C12H19N3O3S. The molecule has 106 valence electrons. The SMILES string of the molecule is CCOC(=O)Cc1csc(NC(=O)NC(C)(C)C)n1. The number of aromatic nitrogens is 1. The number of ether oxygens (including phenoxy) is 1. The van der Waals surface area contributed by atoms with E-state index in [4.69, 9.17) is 4.74 Å². The molecule has 0 spiro atoms. The first-order valence-corrected chi connectivity index (χ1v) is 6.87. The van der Waals surface area contributed by atoms with Gasteiger partial charge in [-0.25, -0.2) is 9.78 Å². The number of amides is 2. The van der Waals surface area contributed by atoms with Gasteiger partial charge in [0.15, 0.2) is 5.13 Å². The first-order chi connectivity index (χ1) is 8.80. The maximum Gasteiger partial charge on any atom is 0.321 e. The monoisotopic (exact) mass is 285 g/mol. The van der Waals surface area contributed by atoms with Gasteiger partial charge in [0.05, 0.1) is 18.7 Å². The van der Waals surface area contributed by atoms with Crippen molar-refractivity contribution in [2.75, 3.05) is 11.9 Å². The van der Waals surface area contributed by atoms with Crippen LogP contribution in [0, 0.1) is 0 Å². The topological polar surface area (TPSA) is 80.3 Å². The van der Waals surface area contributed by atoms with Crippen molar-refractivity contribution in [3.8, 4) is 0 Å². The van der Waals surface area contributed by atoms with E-state index in [2.05, 4.69) is 15.6 Å². The van der Waals surface area contributed by atoms with E-state index in [1.165, 1.54) is 11.3 Å². The van der Waals surface area contributed by atoms with Crippen LogP contribution in [0.25, 0.3) is 0 Å². The molecular weight excluding hydrogens is 266 g/mol. The zero-order chi connectivity index (χ0) is 14.5. The van der Waals surface area contributed by atoms with E-state index >= 15 is 0 Å². The van der Waals surface area contributed by atoms with Gasteiger partial charge in [0, 0.05) is 10.9 Å². The lowest BCUT2D eigenvalue weighted by Crippen LogP contribution is -2.43. The number of thiazole rings is 1. The molecule has 1 rings (SSSR count). The number of anilines is 1. The Bertz CT molecular complexity index is 451. The predicted octanol–water partition coefficient (Wildman–Crippen LogP) is 2.17. The second-order valence-electron chi connectivity index (χ2n) is 4.95. The zero-order valence-electron chi connectivity index (χ0n) is 11.6. The number of rotatable bonds is 4. The lowest BCUT2D eigenvalue weighted by Gasteiger charge is -2.20. The summed E-state index contributed by atoms with van der Waals surface area (Å²) in [5.41, 5.74) is 0.282. The molecule has 1 aromatic rings. The fourth-order valence-corrected chi connectivity index (χ4v) is 1.98. The van der Waals surface area contributed by atoms with Crippen LogP contribution in [0.2, 0.25) is 0 Å². The molecule has 0 radical (unpaired) electrons. The van der Waals surface area contributed by atoms with E-state index < -0.39 is 0 Å². The highest BCUT2D eigenvalue weighted by molar-refractivity contribution is 7.13. The number of nitrogens with zero attached hydrogens (tertiary/aromatic N) is 1. The van der Waals surface area contributed by atoms with E-state index in [1.807, 2.05) is 20.8 Å². The summed E-state index contributed by atoms with van der Waals surface area (Å²) >= 11 is 1.27. The molecule has 0 saturated carbocycles. The van der Waals surface area contributed by atoms with Crippen molar-refractivity contribution in [1.82, 2.24) is 10.3 Å². The normalized spacial score (nSPS) is 10.9. The second-order valence-corrected chi connectivity index (χ2v) is 5.81. The highest BCUT2D eigenvalue weighted by atomic mass is 32.1. The summed E-state index contributed by atoms with van der Waals surface area (Å²) in [5.74, 6) is -0.321. The van der Waals surface area contributed by atoms with E-state index in [0.717, 1.165) is 0 Å². The third-order valence-corrected chi connectivity index (χ3v) is 2.70. The van der Waals surface area contributed by atoms with Crippen LogP contribution in [-0.4, -0.2) is 29.1 Å². The number of carbonyl (C=O) groups excluding carboxylic acids is 2. The Morgan fingerprint density at radius 3 is 2.68 bits per heavy atom. The van der Waals surface area contributed by atoms with Gasteiger partial charge in [0.2, 0.25) is 0 Å². The van der Waals surface area contributed by atoms with Crippen LogP contribution < -0.4 is 10.6 Å². The Kier molecular flexibility index (Phi) is 5.29. The quantitative estimate of drug-likeness (QED) is 0.831. The average Bonchev–Trinajstić information content (AvgIpc) is 2.62. The molecule has 1 heterocycles. The summed E-state index contributed by atoms with van der Waals surface area (Å²) < 4.78 is 4.83. The van der Waals surface area contributed by atoms with Gasteiger partial charge < -0.3 is 10.1 Å². The molecule has 7 heteroatoms. The number of hydrogen-bond donors (Lipinski definition) is 2. The van der Waals surface area contributed by atoms with Gasteiger partial charge >= 0.3 is 12.0 Å². The zero-order valence-corrected chi connectivity index (χ0v) is 12.4. The number of esters is 1. The van der Waals surface area contributed by atoms with Crippen LogP contribution >= 0.6 is 11.3 Å². The van der Waals surface area contributed by atoms with Crippen molar-refractivity contribution < 1.29 is 14.3 Å².